The third-order valence-corrected chi connectivity index (χ3v) is 3.59. The van der Waals surface area contributed by atoms with Crippen LogP contribution in [-0.2, 0) is 16.1 Å². The number of hydrogen-bond acceptors (Lipinski definition) is 5. The summed E-state index contributed by atoms with van der Waals surface area (Å²) in [6, 6.07) is 12.9. The van der Waals surface area contributed by atoms with Crippen molar-refractivity contribution in [3.63, 3.8) is 0 Å². The Kier molecular flexibility index (Phi) is 5.06. The minimum Gasteiger partial charge on any atom is -0.480 e. The van der Waals surface area contributed by atoms with Crippen LogP contribution in [0, 0.1) is 0 Å². The average Bonchev–Trinajstić information content (AvgIpc) is 3.09. The number of aromatic nitrogens is 1. The molecule has 3 rings (SSSR count). The first kappa shape index (κ1) is 16.7. The van der Waals surface area contributed by atoms with Gasteiger partial charge in [0.2, 0.25) is 0 Å². The summed E-state index contributed by atoms with van der Waals surface area (Å²) in [6.45, 7) is 0.133. The number of hydrogen-bond donors (Lipinski definition) is 2. The van der Waals surface area contributed by atoms with Gasteiger partial charge in [0, 0.05) is 5.56 Å². The largest absolute Gasteiger partial charge is 0.480 e. The number of ether oxygens (including phenoxy) is 1. The van der Waals surface area contributed by atoms with Gasteiger partial charge in [-0.1, -0.05) is 30.3 Å². The van der Waals surface area contributed by atoms with Gasteiger partial charge in [-0.25, -0.2) is 9.78 Å². The highest BCUT2D eigenvalue weighted by Gasteiger charge is 2.21. The summed E-state index contributed by atoms with van der Waals surface area (Å²) in [5.74, 6) is -1.68. The Balaban J connectivity index is 1.60. The number of fused-ring (bicyclic) bond motifs is 1. The molecule has 0 aliphatic rings. The number of amides is 1. The summed E-state index contributed by atoms with van der Waals surface area (Å²) in [6.07, 6.45) is 1.28. The molecule has 0 fully saturated rings. The van der Waals surface area contributed by atoms with E-state index < -0.39 is 17.9 Å². The molecule has 0 radical (unpaired) electrons. The van der Waals surface area contributed by atoms with E-state index in [9.17, 15) is 14.7 Å². The van der Waals surface area contributed by atoms with Crippen molar-refractivity contribution in [1.82, 2.24) is 10.3 Å². The Bertz CT molecular complexity index is 875. The fourth-order valence-electron chi connectivity index (χ4n) is 2.28. The van der Waals surface area contributed by atoms with Gasteiger partial charge < -0.3 is 19.6 Å². The molecule has 0 bridgehead atoms. The molecule has 0 aliphatic heterocycles. The Morgan fingerprint density at radius 3 is 2.76 bits per heavy atom. The number of nitrogens with zero attached hydrogens (tertiary/aromatic N) is 1. The lowest BCUT2D eigenvalue weighted by molar-refractivity contribution is -0.141. The monoisotopic (exact) mass is 340 g/mol. The van der Waals surface area contributed by atoms with Crippen molar-refractivity contribution in [1.29, 1.82) is 0 Å². The lowest BCUT2D eigenvalue weighted by Gasteiger charge is -2.15. The number of carboxylic acid groups (broad SMARTS) is 1. The van der Waals surface area contributed by atoms with Gasteiger partial charge in [-0.05, 0) is 23.8 Å². The van der Waals surface area contributed by atoms with Crippen molar-refractivity contribution >= 4 is 23.0 Å². The van der Waals surface area contributed by atoms with Crippen LogP contribution in [0.25, 0.3) is 11.1 Å². The number of rotatable bonds is 7. The van der Waals surface area contributed by atoms with Gasteiger partial charge in [-0.15, -0.1) is 0 Å². The Hall–Kier alpha value is -3.19. The molecule has 1 aromatic heterocycles. The fourth-order valence-corrected chi connectivity index (χ4v) is 2.28. The molecule has 3 aromatic rings. The zero-order valence-electron chi connectivity index (χ0n) is 13.2. The van der Waals surface area contributed by atoms with Crippen molar-refractivity contribution in [2.75, 3.05) is 6.61 Å². The van der Waals surface area contributed by atoms with Crippen LogP contribution in [0.3, 0.4) is 0 Å². The van der Waals surface area contributed by atoms with E-state index >= 15 is 0 Å². The number of carbonyl (C=O) groups is 2. The molecule has 128 valence electrons. The summed E-state index contributed by atoms with van der Waals surface area (Å²) in [5.41, 5.74) is 2.31. The van der Waals surface area contributed by atoms with E-state index in [2.05, 4.69) is 10.3 Å². The first-order valence-electron chi connectivity index (χ1n) is 7.62. The SMILES string of the molecule is O=C(N[C@@H](COCc1ccccc1)C(=O)O)c1ccc2ocnc2c1. The smallest absolute Gasteiger partial charge is 0.328 e. The number of carbonyl (C=O) groups excluding carboxylic acids is 1. The van der Waals surface area contributed by atoms with Crippen LogP contribution < -0.4 is 5.32 Å². The van der Waals surface area contributed by atoms with Crippen LogP contribution in [0.2, 0.25) is 0 Å². The number of benzene rings is 2. The highest BCUT2D eigenvalue weighted by molar-refractivity contribution is 5.98. The van der Waals surface area contributed by atoms with Gasteiger partial charge in [-0.2, -0.15) is 0 Å². The van der Waals surface area contributed by atoms with E-state index in [1.54, 1.807) is 12.1 Å². The number of carboxylic acids is 1. The van der Waals surface area contributed by atoms with Crippen molar-refractivity contribution in [3.05, 3.63) is 66.1 Å². The molecule has 25 heavy (non-hydrogen) atoms. The second-order valence-electron chi connectivity index (χ2n) is 5.40. The van der Waals surface area contributed by atoms with Crippen molar-refractivity contribution in [2.24, 2.45) is 0 Å². The minimum atomic E-state index is -1.16. The first-order chi connectivity index (χ1) is 12.1. The highest BCUT2D eigenvalue weighted by Crippen LogP contribution is 2.14. The lowest BCUT2D eigenvalue weighted by Crippen LogP contribution is -2.44. The predicted octanol–water partition coefficient (Wildman–Crippen LogP) is 2.23. The Morgan fingerprint density at radius 2 is 2.00 bits per heavy atom. The maximum absolute atomic E-state index is 12.3. The molecule has 0 aliphatic carbocycles. The van der Waals surface area contributed by atoms with E-state index in [-0.39, 0.29) is 13.2 Å². The van der Waals surface area contributed by atoms with Crippen molar-refractivity contribution in [3.8, 4) is 0 Å². The van der Waals surface area contributed by atoms with Crippen molar-refractivity contribution in [2.45, 2.75) is 12.6 Å². The molecule has 7 nitrogen and oxygen atoms in total. The topological polar surface area (TPSA) is 102 Å². The van der Waals surface area contributed by atoms with Gasteiger partial charge in [0.05, 0.1) is 13.2 Å². The third kappa shape index (κ3) is 4.21. The van der Waals surface area contributed by atoms with Gasteiger partial charge in [0.1, 0.15) is 5.52 Å². The molecule has 0 spiro atoms. The maximum atomic E-state index is 12.3. The molecule has 0 saturated carbocycles. The molecular weight excluding hydrogens is 324 g/mol. The van der Waals surface area contributed by atoms with E-state index in [0.717, 1.165) is 5.56 Å². The van der Waals surface area contributed by atoms with Crippen LogP contribution in [0.1, 0.15) is 15.9 Å². The first-order valence-corrected chi connectivity index (χ1v) is 7.62. The molecule has 1 heterocycles. The molecule has 2 N–H and O–H groups in total. The van der Waals surface area contributed by atoms with Crippen molar-refractivity contribution < 1.29 is 23.8 Å². The summed E-state index contributed by atoms with van der Waals surface area (Å²) < 4.78 is 10.5. The Labute approximate surface area is 143 Å². The van der Waals surface area contributed by atoms with E-state index in [1.165, 1.54) is 12.5 Å². The molecule has 1 atom stereocenters. The number of nitrogens with one attached hydrogen (secondary N) is 1. The Morgan fingerprint density at radius 1 is 1.20 bits per heavy atom. The van der Waals surface area contributed by atoms with Crippen LogP contribution in [-0.4, -0.2) is 34.6 Å². The van der Waals surface area contributed by atoms with Gasteiger partial charge in [0.15, 0.2) is 18.0 Å². The fraction of sp³-hybridized carbons (Fsp3) is 0.167. The average molecular weight is 340 g/mol. The summed E-state index contributed by atoms with van der Waals surface area (Å²) in [5, 5.41) is 11.7. The number of oxazole rings is 1. The predicted molar refractivity (Wildman–Crippen MR) is 89.0 cm³/mol. The standard InChI is InChI=1S/C18H16N2O5/c21-17(13-6-7-16-14(8-13)19-11-25-16)20-15(18(22)23)10-24-9-12-4-2-1-3-5-12/h1-8,11,15H,9-10H2,(H,20,21)(H,22,23)/t15-/m0/s1. The lowest BCUT2D eigenvalue weighted by atomic mass is 10.2. The zero-order valence-corrected chi connectivity index (χ0v) is 13.2. The summed E-state index contributed by atoms with van der Waals surface area (Å²) in [4.78, 5) is 27.6. The van der Waals surface area contributed by atoms with Crippen LogP contribution in [0.5, 0.6) is 0 Å². The van der Waals surface area contributed by atoms with Gasteiger partial charge in [0.25, 0.3) is 5.91 Å². The summed E-state index contributed by atoms with van der Waals surface area (Å²) in [7, 11) is 0. The van der Waals surface area contributed by atoms with E-state index in [1.807, 2.05) is 30.3 Å². The molecule has 0 unspecified atom stereocenters. The quantitative estimate of drug-likeness (QED) is 0.684. The summed E-state index contributed by atoms with van der Waals surface area (Å²) >= 11 is 0. The molecule has 1 amide bonds. The van der Waals surface area contributed by atoms with E-state index in [4.69, 9.17) is 9.15 Å². The zero-order chi connectivity index (χ0) is 17.6. The molecular formula is C18H16N2O5. The molecule has 2 aromatic carbocycles. The van der Waals surface area contributed by atoms with Crippen LogP contribution in [0.4, 0.5) is 0 Å². The van der Waals surface area contributed by atoms with Gasteiger partial charge in [-0.3, -0.25) is 4.79 Å². The maximum Gasteiger partial charge on any atom is 0.328 e. The third-order valence-electron chi connectivity index (χ3n) is 3.59. The van der Waals surface area contributed by atoms with Gasteiger partial charge >= 0.3 is 5.97 Å². The second kappa shape index (κ2) is 7.59. The van der Waals surface area contributed by atoms with E-state index in [0.29, 0.717) is 16.7 Å². The highest BCUT2D eigenvalue weighted by atomic mass is 16.5. The van der Waals surface area contributed by atoms with Crippen LogP contribution in [0.15, 0.2) is 59.3 Å². The number of aliphatic carboxylic acids is 1. The van der Waals surface area contributed by atoms with Crippen LogP contribution >= 0.6 is 0 Å². The molecule has 7 heteroatoms. The molecule has 0 saturated heterocycles. The second-order valence-corrected chi connectivity index (χ2v) is 5.40. The minimum absolute atomic E-state index is 0.137. The normalized spacial score (nSPS) is 12.0.